The maximum atomic E-state index is 11.1. The van der Waals surface area contributed by atoms with Crippen molar-refractivity contribution < 1.29 is 9.84 Å². The molecule has 2 aliphatic rings. The van der Waals surface area contributed by atoms with E-state index in [9.17, 15) is 5.11 Å². The second kappa shape index (κ2) is 6.74. The van der Waals surface area contributed by atoms with Crippen molar-refractivity contribution in [2.45, 2.75) is 31.8 Å². The van der Waals surface area contributed by atoms with Crippen molar-refractivity contribution >= 4 is 16.9 Å². The number of likely N-dealkylation sites (N-methyl/N-ethyl adjacent to an activating group) is 1. The number of epoxide rings is 1. The Morgan fingerprint density at radius 1 is 1.23 bits per heavy atom. The Morgan fingerprint density at radius 3 is 2.90 bits per heavy atom. The Morgan fingerprint density at radius 2 is 2.07 bits per heavy atom. The second-order valence-corrected chi connectivity index (χ2v) is 8.16. The molecule has 7 nitrogen and oxygen atoms in total. The van der Waals surface area contributed by atoms with E-state index in [2.05, 4.69) is 31.7 Å². The summed E-state index contributed by atoms with van der Waals surface area (Å²) in [5.41, 5.74) is 8.68. The standard InChI is InChI=1S/C23H23N5O2/c1-13-12-28(3)22-20(30-22)23(13,29)10-9-15-5-4-6-16(11-15)17-7-8-18-19(27-17)21(24)26-14(2)25-18/h4-8,11,13,20,22,29H,12H2,1-3H3,(H2,24,25,26)/t13-,20?,22?,23?/m1/s1. The largest absolute Gasteiger partial charge is 0.382 e. The molecule has 4 atom stereocenters. The highest BCUT2D eigenvalue weighted by molar-refractivity contribution is 5.86. The van der Waals surface area contributed by atoms with Gasteiger partial charge in [0.1, 0.15) is 23.7 Å². The van der Waals surface area contributed by atoms with Gasteiger partial charge in [-0.05, 0) is 38.2 Å². The van der Waals surface area contributed by atoms with Crippen LogP contribution in [0.25, 0.3) is 22.3 Å². The number of hydrogen-bond donors (Lipinski definition) is 2. The van der Waals surface area contributed by atoms with E-state index in [1.54, 1.807) is 6.92 Å². The van der Waals surface area contributed by atoms with Crippen LogP contribution in [-0.2, 0) is 4.74 Å². The molecule has 2 aliphatic heterocycles. The summed E-state index contributed by atoms with van der Waals surface area (Å²) in [5, 5.41) is 11.1. The van der Waals surface area contributed by atoms with E-state index >= 15 is 0 Å². The number of aryl methyl sites for hydroxylation is 1. The molecule has 0 radical (unpaired) electrons. The molecule has 3 N–H and O–H groups in total. The number of nitrogen functional groups attached to an aromatic ring is 1. The molecular formula is C23H23N5O2. The molecule has 30 heavy (non-hydrogen) atoms. The van der Waals surface area contributed by atoms with E-state index in [-0.39, 0.29) is 18.2 Å². The lowest BCUT2D eigenvalue weighted by molar-refractivity contribution is -0.00394. The number of nitrogens with zero attached hydrogens (tertiary/aromatic N) is 4. The molecule has 0 spiro atoms. The fraction of sp³-hybridized carbons (Fsp3) is 0.348. The minimum atomic E-state index is -1.14. The number of pyridine rings is 1. The molecule has 2 saturated heterocycles. The molecule has 0 bridgehead atoms. The van der Waals surface area contributed by atoms with Crippen LogP contribution in [-0.4, -0.2) is 56.5 Å². The van der Waals surface area contributed by atoms with Crippen LogP contribution in [0, 0.1) is 24.7 Å². The van der Waals surface area contributed by atoms with Crippen molar-refractivity contribution in [3.63, 3.8) is 0 Å². The zero-order chi connectivity index (χ0) is 21.0. The average molecular weight is 401 g/mol. The van der Waals surface area contributed by atoms with Crippen LogP contribution in [0.3, 0.4) is 0 Å². The van der Waals surface area contributed by atoms with Crippen LogP contribution in [0.1, 0.15) is 18.3 Å². The fourth-order valence-electron chi connectivity index (χ4n) is 4.16. The number of piperidine rings is 1. The molecule has 0 saturated carbocycles. The van der Waals surface area contributed by atoms with Crippen LogP contribution in [0.15, 0.2) is 36.4 Å². The first-order valence-corrected chi connectivity index (χ1v) is 9.98. The van der Waals surface area contributed by atoms with E-state index in [1.165, 1.54) is 0 Å². The summed E-state index contributed by atoms with van der Waals surface area (Å²) in [4.78, 5) is 15.4. The van der Waals surface area contributed by atoms with Gasteiger partial charge in [0.25, 0.3) is 0 Å². The number of nitrogens with two attached hydrogens (primary N) is 1. The Hall–Kier alpha value is -3.05. The smallest absolute Gasteiger partial charge is 0.159 e. The molecule has 0 amide bonds. The Bertz CT molecular complexity index is 1210. The van der Waals surface area contributed by atoms with Crippen molar-refractivity contribution in [2.75, 3.05) is 19.3 Å². The average Bonchev–Trinajstić information content (AvgIpc) is 3.53. The summed E-state index contributed by atoms with van der Waals surface area (Å²) in [6.45, 7) is 4.56. The fourth-order valence-corrected chi connectivity index (χ4v) is 4.16. The van der Waals surface area contributed by atoms with E-state index in [4.69, 9.17) is 10.5 Å². The maximum Gasteiger partial charge on any atom is 0.159 e. The summed E-state index contributed by atoms with van der Waals surface area (Å²) >= 11 is 0. The van der Waals surface area contributed by atoms with Gasteiger partial charge in [0.05, 0.1) is 11.2 Å². The molecule has 0 aliphatic carbocycles. The zero-order valence-corrected chi connectivity index (χ0v) is 17.1. The number of rotatable bonds is 1. The number of aromatic nitrogens is 3. The Kier molecular flexibility index (Phi) is 4.26. The quantitative estimate of drug-likeness (QED) is 0.475. The minimum absolute atomic E-state index is 0.00415. The number of aliphatic hydroxyl groups is 1. The van der Waals surface area contributed by atoms with Gasteiger partial charge in [0, 0.05) is 23.6 Å². The molecule has 1 aromatic carbocycles. The first kappa shape index (κ1) is 18.9. The Labute approximate surface area is 174 Å². The summed E-state index contributed by atoms with van der Waals surface area (Å²) in [7, 11) is 2.01. The first-order chi connectivity index (χ1) is 14.3. The predicted octanol–water partition coefficient (Wildman–Crippen LogP) is 1.97. The third-order valence-corrected chi connectivity index (χ3v) is 5.90. The molecule has 4 heterocycles. The second-order valence-electron chi connectivity index (χ2n) is 8.16. The third kappa shape index (κ3) is 3.10. The van der Waals surface area contributed by atoms with Gasteiger partial charge in [-0.15, -0.1) is 0 Å². The minimum Gasteiger partial charge on any atom is -0.382 e. The van der Waals surface area contributed by atoms with E-state index in [0.717, 1.165) is 28.9 Å². The van der Waals surface area contributed by atoms with Gasteiger partial charge in [-0.3, -0.25) is 4.90 Å². The van der Waals surface area contributed by atoms with Gasteiger partial charge in [0.15, 0.2) is 11.4 Å². The lowest BCUT2D eigenvalue weighted by Crippen LogP contribution is -2.52. The van der Waals surface area contributed by atoms with Crippen LogP contribution >= 0.6 is 0 Å². The third-order valence-electron chi connectivity index (χ3n) is 5.90. The lowest BCUT2D eigenvalue weighted by atomic mass is 9.82. The highest BCUT2D eigenvalue weighted by Gasteiger charge is 2.61. The lowest BCUT2D eigenvalue weighted by Gasteiger charge is -2.35. The number of likely N-dealkylation sites (tertiary alicyclic amines) is 1. The van der Waals surface area contributed by atoms with Crippen molar-refractivity contribution in [2.24, 2.45) is 5.92 Å². The number of hydrogen-bond acceptors (Lipinski definition) is 7. The van der Waals surface area contributed by atoms with Crippen molar-refractivity contribution in [1.29, 1.82) is 0 Å². The normalized spacial score (nSPS) is 27.9. The predicted molar refractivity (Wildman–Crippen MR) is 114 cm³/mol. The molecule has 7 heteroatoms. The van der Waals surface area contributed by atoms with Gasteiger partial charge < -0.3 is 15.6 Å². The van der Waals surface area contributed by atoms with Gasteiger partial charge in [-0.1, -0.05) is 30.9 Å². The summed E-state index contributed by atoms with van der Waals surface area (Å²) in [6, 6.07) is 11.6. The van der Waals surface area contributed by atoms with E-state index in [0.29, 0.717) is 17.2 Å². The molecule has 5 rings (SSSR count). The van der Waals surface area contributed by atoms with Crippen LogP contribution in [0.2, 0.25) is 0 Å². The topological polar surface area (TPSA) is 101 Å². The molecule has 152 valence electrons. The zero-order valence-electron chi connectivity index (χ0n) is 17.1. The SMILES string of the molecule is Cc1nc(N)c2nc(-c3cccc(C#CC4(O)C5OC5N(C)C[C@H]4C)c3)ccc2n1. The van der Waals surface area contributed by atoms with Crippen LogP contribution in [0.5, 0.6) is 0 Å². The number of benzene rings is 1. The highest BCUT2D eigenvalue weighted by Crippen LogP contribution is 2.43. The number of anilines is 1. The van der Waals surface area contributed by atoms with Gasteiger partial charge in [-0.25, -0.2) is 15.0 Å². The van der Waals surface area contributed by atoms with Crippen LogP contribution in [0.4, 0.5) is 5.82 Å². The number of ether oxygens (including phenoxy) is 1. The van der Waals surface area contributed by atoms with Gasteiger partial charge >= 0.3 is 0 Å². The monoisotopic (exact) mass is 401 g/mol. The van der Waals surface area contributed by atoms with E-state index < -0.39 is 5.60 Å². The summed E-state index contributed by atoms with van der Waals surface area (Å²) in [5.74, 6) is 7.23. The van der Waals surface area contributed by atoms with Crippen molar-refractivity contribution in [3.8, 4) is 23.1 Å². The summed E-state index contributed by atoms with van der Waals surface area (Å²) in [6.07, 6.45) is -0.291. The van der Waals surface area contributed by atoms with Crippen LogP contribution < -0.4 is 5.73 Å². The molecule has 2 aromatic heterocycles. The first-order valence-electron chi connectivity index (χ1n) is 9.98. The molecule has 3 aromatic rings. The van der Waals surface area contributed by atoms with Crippen molar-refractivity contribution in [3.05, 3.63) is 47.8 Å². The summed E-state index contributed by atoms with van der Waals surface area (Å²) < 4.78 is 5.66. The highest BCUT2D eigenvalue weighted by atomic mass is 16.6. The Balaban J connectivity index is 1.48. The molecular weight excluding hydrogens is 378 g/mol. The van der Waals surface area contributed by atoms with Crippen molar-refractivity contribution in [1.82, 2.24) is 19.9 Å². The maximum absolute atomic E-state index is 11.1. The van der Waals surface area contributed by atoms with Gasteiger partial charge in [-0.2, -0.15) is 0 Å². The number of fused-ring (bicyclic) bond motifs is 2. The molecule has 3 unspecified atom stereocenters. The van der Waals surface area contributed by atoms with E-state index in [1.807, 2.05) is 50.4 Å². The molecule has 2 fully saturated rings. The van der Waals surface area contributed by atoms with Gasteiger partial charge in [0.2, 0.25) is 0 Å².